The molecule has 0 saturated carbocycles. The molecule has 1 heterocycles. The number of rotatable bonds is 3. The van der Waals surface area contributed by atoms with Crippen LogP contribution in [0.5, 0.6) is 0 Å². The summed E-state index contributed by atoms with van der Waals surface area (Å²) in [5, 5.41) is 2.94. The van der Waals surface area contributed by atoms with Crippen LogP contribution in [0.4, 0.5) is 5.69 Å². The monoisotopic (exact) mass is 270 g/mol. The number of morpholine rings is 1. The van der Waals surface area contributed by atoms with E-state index in [-0.39, 0.29) is 18.3 Å². The Balaban J connectivity index is 0.00000162. The van der Waals surface area contributed by atoms with Gasteiger partial charge in [-0.1, -0.05) is 18.2 Å². The quantitative estimate of drug-likeness (QED) is 0.909. The lowest BCUT2D eigenvalue weighted by Gasteiger charge is -2.25. The zero-order valence-electron chi connectivity index (χ0n) is 10.5. The number of nitrogens with one attached hydrogen (secondary N) is 1. The van der Waals surface area contributed by atoms with Gasteiger partial charge in [0.1, 0.15) is 0 Å². The van der Waals surface area contributed by atoms with Crippen molar-refractivity contribution < 1.29 is 9.53 Å². The van der Waals surface area contributed by atoms with Crippen LogP contribution in [0.1, 0.15) is 5.56 Å². The summed E-state index contributed by atoms with van der Waals surface area (Å²) >= 11 is 0. The molecule has 1 aliphatic rings. The Morgan fingerprint density at radius 1 is 1.33 bits per heavy atom. The van der Waals surface area contributed by atoms with Gasteiger partial charge in [0.15, 0.2) is 0 Å². The van der Waals surface area contributed by atoms with Crippen molar-refractivity contribution in [2.75, 3.05) is 38.2 Å². The molecule has 1 aromatic rings. The Morgan fingerprint density at radius 3 is 2.67 bits per heavy atom. The average Bonchev–Trinajstić information content (AvgIpc) is 2.33. The van der Waals surface area contributed by atoms with Crippen molar-refractivity contribution in [2.45, 2.75) is 6.92 Å². The van der Waals surface area contributed by atoms with Crippen LogP contribution in [0.3, 0.4) is 0 Å². The van der Waals surface area contributed by atoms with Crippen molar-refractivity contribution in [1.82, 2.24) is 4.90 Å². The highest BCUT2D eigenvalue weighted by Gasteiger charge is 2.14. The number of aryl methyl sites for hydroxylation is 1. The first kappa shape index (κ1) is 15.0. The molecular weight excluding hydrogens is 252 g/mol. The molecule has 0 radical (unpaired) electrons. The normalized spacial score (nSPS) is 15.8. The van der Waals surface area contributed by atoms with Crippen molar-refractivity contribution in [3.05, 3.63) is 29.8 Å². The van der Waals surface area contributed by atoms with E-state index in [4.69, 9.17) is 4.74 Å². The highest BCUT2D eigenvalue weighted by molar-refractivity contribution is 5.92. The molecule has 0 unspecified atom stereocenters. The number of hydrogen-bond donors (Lipinski definition) is 1. The first-order valence-corrected chi connectivity index (χ1v) is 5.91. The van der Waals surface area contributed by atoms with Gasteiger partial charge in [-0.05, 0) is 18.6 Å². The maximum Gasteiger partial charge on any atom is 0.238 e. The zero-order chi connectivity index (χ0) is 12.1. The molecule has 1 aliphatic heterocycles. The topological polar surface area (TPSA) is 41.6 Å². The minimum Gasteiger partial charge on any atom is -0.379 e. The van der Waals surface area contributed by atoms with Crippen LogP contribution in [-0.2, 0) is 9.53 Å². The molecule has 4 nitrogen and oxygen atoms in total. The fraction of sp³-hybridized carbons (Fsp3) is 0.462. The minimum atomic E-state index is 0. The van der Waals surface area contributed by atoms with Crippen LogP contribution in [0.25, 0.3) is 0 Å². The number of carbonyl (C=O) groups is 1. The molecule has 2 rings (SSSR count). The van der Waals surface area contributed by atoms with Gasteiger partial charge in [-0.25, -0.2) is 0 Å². The van der Waals surface area contributed by atoms with Crippen LogP contribution in [-0.4, -0.2) is 43.7 Å². The summed E-state index contributed by atoms with van der Waals surface area (Å²) in [7, 11) is 0. The Morgan fingerprint density at radius 2 is 2.00 bits per heavy atom. The zero-order valence-corrected chi connectivity index (χ0v) is 11.3. The predicted molar refractivity (Wildman–Crippen MR) is 74.3 cm³/mol. The van der Waals surface area contributed by atoms with Gasteiger partial charge >= 0.3 is 0 Å². The number of hydrogen-bond acceptors (Lipinski definition) is 3. The van der Waals surface area contributed by atoms with E-state index in [2.05, 4.69) is 10.2 Å². The van der Waals surface area contributed by atoms with Crippen LogP contribution in [0.2, 0.25) is 0 Å². The van der Waals surface area contributed by atoms with Crippen LogP contribution in [0, 0.1) is 6.92 Å². The standard InChI is InChI=1S/C13H18N2O2.ClH/c1-11-4-2-3-5-12(11)14-13(16)10-15-6-8-17-9-7-15;/h2-5H,6-10H2,1H3,(H,14,16);1H. The Labute approximate surface area is 114 Å². The molecule has 0 aliphatic carbocycles. The summed E-state index contributed by atoms with van der Waals surface area (Å²) < 4.78 is 5.25. The second kappa shape index (κ2) is 7.36. The highest BCUT2D eigenvalue weighted by atomic mass is 35.5. The molecule has 0 spiro atoms. The third-order valence-corrected chi connectivity index (χ3v) is 2.89. The Hall–Kier alpha value is -1.10. The summed E-state index contributed by atoms with van der Waals surface area (Å²) in [4.78, 5) is 13.9. The van der Waals surface area contributed by atoms with Crippen LogP contribution < -0.4 is 5.32 Å². The minimum absolute atomic E-state index is 0. The van der Waals surface area contributed by atoms with E-state index >= 15 is 0 Å². The highest BCUT2D eigenvalue weighted by Crippen LogP contribution is 2.12. The van der Waals surface area contributed by atoms with Crippen molar-refractivity contribution in [2.24, 2.45) is 0 Å². The maximum atomic E-state index is 11.8. The van der Waals surface area contributed by atoms with Crippen LogP contribution in [0.15, 0.2) is 24.3 Å². The Bertz CT molecular complexity index is 392. The largest absolute Gasteiger partial charge is 0.379 e. The predicted octanol–water partition coefficient (Wildman–Crippen LogP) is 1.69. The number of para-hydroxylation sites is 1. The van der Waals surface area contributed by atoms with Gasteiger partial charge in [-0.3, -0.25) is 9.69 Å². The molecule has 1 saturated heterocycles. The van der Waals surface area contributed by atoms with Gasteiger partial charge in [0, 0.05) is 18.8 Å². The third-order valence-electron chi connectivity index (χ3n) is 2.89. The Kier molecular flexibility index (Phi) is 6.12. The molecule has 5 heteroatoms. The summed E-state index contributed by atoms with van der Waals surface area (Å²) in [6.45, 7) is 5.54. The van der Waals surface area contributed by atoms with Gasteiger partial charge in [-0.15, -0.1) is 12.4 Å². The second-order valence-electron chi connectivity index (χ2n) is 4.25. The maximum absolute atomic E-state index is 11.8. The van der Waals surface area contributed by atoms with Crippen molar-refractivity contribution in [1.29, 1.82) is 0 Å². The van der Waals surface area contributed by atoms with E-state index < -0.39 is 0 Å². The lowest BCUT2D eigenvalue weighted by molar-refractivity contribution is -0.118. The fourth-order valence-corrected chi connectivity index (χ4v) is 1.87. The van der Waals surface area contributed by atoms with Crippen LogP contribution >= 0.6 is 12.4 Å². The molecule has 0 bridgehead atoms. The smallest absolute Gasteiger partial charge is 0.238 e. The second-order valence-corrected chi connectivity index (χ2v) is 4.25. The molecule has 0 atom stereocenters. The van der Waals surface area contributed by atoms with Gasteiger partial charge < -0.3 is 10.1 Å². The fourth-order valence-electron chi connectivity index (χ4n) is 1.87. The molecule has 0 aromatic heterocycles. The first-order chi connectivity index (χ1) is 8.25. The number of anilines is 1. The summed E-state index contributed by atoms with van der Waals surface area (Å²) in [6.07, 6.45) is 0. The molecular formula is C13H19ClN2O2. The molecule has 1 amide bonds. The lowest BCUT2D eigenvalue weighted by atomic mass is 10.2. The van der Waals surface area contributed by atoms with E-state index in [1.54, 1.807) is 0 Å². The van der Waals surface area contributed by atoms with E-state index in [1.165, 1.54) is 0 Å². The number of benzene rings is 1. The van der Waals surface area contributed by atoms with Crippen molar-refractivity contribution in [3.63, 3.8) is 0 Å². The third kappa shape index (κ3) is 4.29. The average molecular weight is 271 g/mol. The van der Waals surface area contributed by atoms with Gasteiger partial charge in [0.25, 0.3) is 0 Å². The number of ether oxygens (including phenoxy) is 1. The molecule has 18 heavy (non-hydrogen) atoms. The summed E-state index contributed by atoms with van der Waals surface area (Å²) in [5.41, 5.74) is 1.98. The van der Waals surface area contributed by atoms with Crippen molar-refractivity contribution >= 4 is 24.0 Å². The van der Waals surface area contributed by atoms with Gasteiger partial charge in [-0.2, -0.15) is 0 Å². The summed E-state index contributed by atoms with van der Waals surface area (Å²) in [6, 6.07) is 7.81. The molecule has 100 valence electrons. The molecule has 1 fully saturated rings. The first-order valence-electron chi connectivity index (χ1n) is 5.91. The van der Waals surface area contributed by atoms with E-state index in [0.717, 1.165) is 37.6 Å². The number of carbonyl (C=O) groups excluding carboxylic acids is 1. The SMILES string of the molecule is Cc1ccccc1NC(=O)CN1CCOCC1.Cl. The number of amides is 1. The van der Waals surface area contributed by atoms with Gasteiger partial charge in [0.05, 0.1) is 19.8 Å². The number of halogens is 1. The van der Waals surface area contributed by atoms with Crippen molar-refractivity contribution in [3.8, 4) is 0 Å². The summed E-state index contributed by atoms with van der Waals surface area (Å²) in [5.74, 6) is 0.0428. The molecule has 1 aromatic carbocycles. The molecule has 1 N–H and O–H groups in total. The van der Waals surface area contributed by atoms with E-state index in [9.17, 15) is 4.79 Å². The van der Waals surface area contributed by atoms with Gasteiger partial charge in [0.2, 0.25) is 5.91 Å². The lowest BCUT2D eigenvalue weighted by Crippen LogP contribution is -2.41. The van der Waals surface area contributed by atoms with E-state index in [0.29, 0.717) is 6.54 Å². The number of nitrogens with zero attached hydrogens (tertiary/aromatic N) is 1. The van der Waals surface area contributed by atoms with E-state index in [1.807, 2.05) is 31.2 Å².